The Kier molecular flexibility index (Phi) is 7.11. The molecular formula is C23H21FN2O3S. The Morgan fingerprint density at radius 2 is 1.57 bits per heavy atom. The summed E-state index contributed by atoms with van der Waals surface area (Å²) in [5, 5.41) is 2.65. The van der Waals surface area contributed by atoms with E-state index in [2.05, 4.69) is 10.0 Å². The minimum absolute atomic E-state index is 0.121. The van der Waals surface area contributed by atoms with Crippen LogP contribution in [0.4, 0.5) is 10.1 Å². The van der Waals surface area contributed by atoms with E-state index in [1.54, 1.807) is 18.2 Å². The molecule has 0 unspecified atom stereocenters. The van der Waals surface area contributed by atoms with E-state index in [1.807, 2.05) is 30.3 Å². The molecule has 2 N–H and O–H groups in total. The van der Waals surface area contributed by atoms with Crippen molar-refractivity contribution in [1.82, 2.24) is 4.72 Å². The average Bonchev–Trinajstić information content (AvgIpc) is 2.74. The summed E-state index contributed by atoms with van der Waals surface area (Å²) in [6, 6.07) is 21.3. The number of rotatable bonds is 8. The van der Waals surface area contributed by atoms with E-state index in [0.29, 0.717) is 24.2 Å². The highest BCUT2D eigenvalue weighted by Crippen LogP contribution is 2.14. The molecule has 30 heavy (non-hydrogen) atoms. The molecule has 0 saturated carbocycles. The largest absolute Gasteiger partial charge is 0.323 e. The second-order valence-electron chi connectivity index (χ2n) is 6.53. The number of hydrogen-bond acceptors (Lipinski definition) is 3. The number of benzene rings is 3. The van der Waals surface area contributed by atoms with Gasteiger partial charge < -0.3 is 5.32 Å². The van der Waals surface area contributed by atoms with E-state index in [4.69, 9.17) is 0 Å². The summed E-state index contributed by atoms with van der Waals surface area (Å²) in [6.45, 7) is 0.291. The van der Waals surface area contributed by atoms with Crippen LogP contribution in [0, 0.1) is 5.82 Å². The lowest BCUT2D eigenvalue weighted by Gasteiger charge is -2.08. The average molecular weight is 424 g/mol. The molecule has 0 radical (unpaired) electrons. The van der Waals surface area contributed by atoms with E-state index in [9.17, 15) is 17.6 Å². The van der Waals surface area contributed by atoms with Crippen LogP contribution in [0.3, 0.4) is 0 Å². The molecule has 0 saturated heterocycles. The molecule has 3 aromatic carbocycles. The molecule has 154 valence electrons. The second kappa shape index (κ2) is 9.96. The number of carbonyl (C=O) groups excluding carboxylic acids is 1. The molecular weight excluding hydrogens is 403 g/mol. The number of amides is 1. The van der Waals surface area contributed by atoms with Gasteiger partial charge in [0.2, 0.25) is 15.9 Å². The first-order valence-corrected chi connectivity index (χ1v) is 10.8. The number of anilines is 1. The van der Waals surface area contributed by atoms with Gasteiger partial charge in [0.15, 0.2) is 0 Å². The van der Waals surface area contributed by atoms with Gasteiger partial charge in [-0.05, 0) is 60.0 Å². The maximum absolute atomic E-state index is 12.9. The molecule has 1 amide bonds. The Bertz CT molecular complexity index is 1110. The van der Waals surface area contributed by atoms with Crippen LogP contribution in [-0.2, 0) is 21.2 Å². The van der Waals surface area contributed by atoms with Gasteiger partial charge in [-0.3, -0.25) is 4.79 Å². The van der Waals surface area contributed by atoms with E-state index >= 15 is 0 Å². The van der Waals surface area contributed by atoms with E-state index in [0.717, 1.165) is 5.56 Å². The highest BCUT2D eigenvalue weighted by atomic mass is 32.2. The van der Waals surface area contributed by atoms with Crippen LogP contribution in [0.25, 0.3) is 6.08 Å². The highest BCUT2D eigenvalue weighted by Gasteiger charge is 2.13. The van der Waals surface area contributed by atoms with Crippen molar-refractivity contribution in [3.05, 3.63) is 102 Å². The second-order valence-corrected chi connectivity index (χ2v) is 8.30. The van der Waals surface area contributed by atoms with E-state index < -0.39 is 10.0 Å². The molecule has 0 aliphatic rings. The van der Waals surface area contributed by atoms with Crippen LogP contribution in [0.1, 0.15) is 11.1 Å². The van der Waals surface area contributed by atoms with Crippen molar-refractivity contribution < 1.29 is 17.6 Å². The molecule has 0 atom stereocenters. The van der Waals surface area contributed by atoms with Crippen molar-refractivity contribution in [2.45, 2.75) is 11.3 Å². The fourth-order valence-electron chi connectivity index (χ4n) is 2.70. The van der Waals surface area contributed by atoms with Crippen LogP contribution in [0.2, 0.25) is 0 Å². The lowest BCUT2D eigenvalue weighted by atomic mass is 10.2. The maximum Gasteiger partial charge on any atom is 0.248 e. The quantitative estimate of drug-likeness (QED) is 0.537. The van der Waals surface area contributed by atoms with Gasteiger partial charge in [-0.2, -0.15) is 0 Å². The zero-order chi connectivity index (χ0) is 21.4. The smallest absolute Gasteiger partial charge is 0.248 e. The number of nitrogens with one attached hydrogen (secondary N) is 2. The van der Waals surface area contributed by atoms with Gasteiger partial charge >= 0.3 is 0 Å². The number of hydrogen-bond donors (Lipinski definition) is 2. The molecule has 0 aliphatic heterocycles. The van der Waals surface area contributed by atoms with Crippen molar-refractivity contribution in [2.24, 2.45) is 0 Å². The lowest BCUT2D eigenvalue weighted by Crippen LogP contribution is -2.26. The predicted molar refractivity (Wildman–Crippen MR) is 116 cm³/mol. The minimum atomic E-state index is -3.63. The summed E-state index contributed by atoms with van der Waals surface area (Å²) in [5.74, 6) is -0.725. The Morgan fingerprint density at radius 1 is 0.900 bits per heavy atom. The van der Waals surface area contributed by atoms with E-state index in [1.165, 1.54) is 42.5 Å². The number of halogens is 1. The summed E-state index contributed by atoms with van der Waals surface area (Å²) in [7, 11) is -3.63. The fraction of sp³-hybridized carbons (Fsp3) is 0.0870. The fourth-order valence-corrected chi connectivity index (χ4v) is 3.74. The molecule has 5 nitrogen and oxygen atoms in total. The third kappa shape index (κ3) is 6.37. The summed E-state index contributed by atoms with van der Waals surface area (Å²) in [4.78, 5) is 12.1. The third-order valence-corrected chi connectivity index (χ3v) is 5.75. The SMILES string of the molecule is O=C(C=Cc1ccc(F)cc1)Nc1ccc(S(=O)(=O)NCCc2ccccc2)cc1. The molecule has 0 fully saturated rings. The standard InChI is InChI=1S/C23H21FN2O3S/c24-20-9-6-19(7-10-20)8-15-23(27)26-21-11-13-22(14-12-21)30(28,29)25-17-16-18-4-2-1-3-5-18/h1-15,25H,16-17H2,(H,26,27). The van der Waals surface area contributed by atoms with Gasteiger partial charge in [0, 0.05) is 18.3 Å². The maximum atomic E-state index is 12.9. The monoisotopic (exact) mass is 424 g/mol. The molecule has 3 aromatic rings. The van der Waals surface area contributed by atoms with Gasteiger partial charge in [0.05, 0.1) is 4.90 Å². The third-order valence-electron chi connectivity index (χ3n) is 4.28. The zero-order valence-electron chi connectivity index (χ0n) is 16.1. The predicted octanol–water partition coefficient (Wildman–Crippen LogP) is 4.00. The summed E-state index contributed by atoms with van der Waals surface area (Å²) < 4.78 is 40.3. The Labute approximate surface area is 175 Å². The normalized spacial score (nSPS) is 11.5. The van der Waals surface area contributed by atoms with Gasteiger partial charge in [-0.1, -0.05) is 42.5 Å². The van der Waals surface area contributed by atoms with Gasteiger partial charge in [0.25, 0.3) is 0 Å². The molecule has 7 heteroatoms. The van der Waals surface area contributed by atoms with E-state index in [-0.39, 0.29) is 16.6 Å². The van der Waals surface area contributed by atoms with Crippen LogP contribution in [0.15, 0.2) is 89.8 Å². The van der Waals surface area contributed by atoms with Crippen LogP contribution < -0.4 is 10.0 Å². The molecule has 0 heterocycles. The first-order valence-electron chi connectivity index (χ1n) is 9.31. The van der Waals surface area contributed by atoms with Crippen molar-refractivity contribution >= 4 is 27.7 Å². The van der Waals surface area contributed by atoms with Crippen molar-refractivity contribution in [2.75, 3.05) is 11.9 Å². The minimum Gasteiger partial charge on any atom is -0.323 e. The topological polar surface area (TPSA) is 75.3 Å². The van der Waals surface area contributed by atoms with Crippen LogP contribution >= 0.6 is 0 Å². The molecule has 0 aliphatic carbocycles. The van der Waals surface area contributed by atoms with Crippen LogP contribution in [-0.4, -0.2) is 20.9 Å². The number of sulfonamides is 1. The Balaban J connectivity index is 1.54. The van der Waals surface area contributed by atoms with Crippen molar-refractivity contribution in [3.63, 3.8) is 0 Å². The Morgan fingerprint density at radius 3 is 2.23 bits per heavy atom. The highest BCUT2D eigenvalue weighted by molar-refractivity contribution is 7.89. The zero-order valence-corrected chi connectivity index (χ0v) is 16.9. The number of carbonyl (C=O) groups is 1. The lowest BCUT2D eigenvalue weighted by molar-refractivity contribution is -0.111. The first kappa shape index (κ1) is 21.4. The first-order chi connectivity index (χ1) is 14.4. The van der Waals surface area contributed by atoms with Gasteiger partial charge in [-0.25, -0.2) is 17.5 Å². The molecule has 0 aromatic heterocycles. The molecule has 0 spiro atoms. The van der Waals surface area contributed by atoms with Crippen LogP contribution in [0.5, 0.6) is 0 Å². The van der Waals surface area contributed by atoms with Gasteiger partial charge in [-0.15, -0.1) is 0 Å². The molecule has 3 rings (SSSR count). The Hall–Kier alpha value is -3.29. The van der Waals surface area contributed by atoms with Gasteiger partial charge in [0.1, 0.15) is 5.82 Å². The molecule has 0 bridgehead atoms. The summed E-state index contributed by atoms with van der Waals surface area (Å²) in [6.07, 6.45) is 3.47. The summed E-state index contributed by atoms with van der Waals surface area (Å²) >= 11 is 0. The summed E-state index contributed by atoms with van der Waals surface area (Å²) in [5.41, 5.74) is 2.20. The van der Waals surface area contributed by atoms with Crippen molar-refractivity contribution in [3.8, 4) is 0 Å². The van der Waals surface area contributed by atoms with Crippen molar-refractivity contribution in [1.29, 1.82) is 0 Å².